The van der Waals surface area contributed by atoms with E-state index in [1.165, 1.54) is 6.42 Å². The summed E-state index contributed by atoms with van der Waals surface area (Å²) in [6.45, 7) is 7.87. The molecule has 0 saturated carbocycles. The van der Waals surface area contributed by atoms with Crippen molar-refractivity contribution >= 4 is 17.3 Å². The van der Waals surface area contributed by atoms with Crippen molar-refractivity contribution in [3.05, 3.63) is 23.3 Å². The van der Waals surface area contributed by atoms with E-state index in [0.29, 0.717) is 28.8 Å². The largest absolute Gasteiger partial charge is 0.398 e. The predicted octanol–water partition coefficient (Wildman–Crippen LogP) is 2.28. The van der Waals surface area contributed by atoms with E-state index in [-0.39, 0.29) is 5.91 Å². The molecule has 19 heavy (non-hydrogen) atoms. The lowest BCUT2D eigenvalue weighted by Crippen LogP contribution is -2.42. The summed E-state index contributed by atoms with van der Waals surface area (Å²) in [5.74, 6) is 1.14. The third kappa shape index (κ3) is 2.83. The van der Waals surface area contributed by atoms with Crippen molar-refractivity contribution in [1.29, 1.82) is 0 Å². The molecule has 4 heteroatoms. The van der Waals surface area contributed by atoms with Crippen molar-refractivity contribution in [2.24, 2.45) is 11.8 Å². The standard InChI is InChI=1S/C15H23N3O/c1-9-4-10(2)8-18(7-9)15(19)12-5-13(16)11(3)14(17)6-12/h5-6,9-10H,4,7-8,16-17H2,1-3H3. The molecule has 1 aliphatic heterocycles. The van der Waals surface area contributed by atoms with E-state index in [4.69, 9.17) is 11.5 Å². The van der Waals surface area contributed by atoms with Crippen LogP contribution in [0.15, 0.2) is 12.1 Å². The summed E-state index contributed by atoms with van der Waals surface area (Å²) in [5, 5.41) is 0. The van der Waals surface area contributed by atoms with Gasteiger partial charge < -0.3 is 16.4 Å². The number of rotatable bonds is 1. The van der Waals surface area contributed by atoms with Crippen LogP contribution in [0.4, 0.5) is 11.4 Å². The molecule has 1 aromatic carbocycles. The molecule has 1 saturated heterocycles. The van der Waals surface area contributed by atoms with Crippen LogP contribution >= 0.6 is 0 Å². The zero-order valence-electron chi connectivity index (χ0n) is 11.9. The molecule has 1 aliphatic rings. The zero-order valence-corrected chi connectivity index (χ0v) is 11.9. The minimum atomic E-state index is 0.0387. The van der Waals surface area contributed by atoms with Gasteiger partial charge in [-0.2, -0.15) is 0 Å². The van der Waals surface area contributed by atoms with Crippen molar-refractivity contribution in [1.82, 2.24) is 4.90 Å². The second kappa shape index (κ2) is 5.11. The summed E-state index contributed by atoms with van der Waals surface area (Å²) in [4.78, 5) is 14.4. The van der Waals surface area contributed by atoms with Crippen LogP contribution in [0.5, 0.6) is 0 Å². The Morgan fingerprint density at radius 3 is 2.11 bits per heavy atom. The second-order valence-corrected chi connectivity index (χ2v) is 5.94. The highest BCUT2D eigenvalue weighted by atomic mass is 16.2. The third-order valence-electron chi connectivity index (χ3n) is 3.89. The first-order chi connectivity index (χ1) is 8.88. The Morgan fingerprint density at radius 1 is 1.16 bits per heavy atom. The normalized spacial score (nSPS) is 23.4. The van der Waals surface area contributed by atoms with Gasteiger partial charge in [-0.15, -0.1) is 0 Å². The van der Waals surface area contributed by atoms with E-state index in [0.717, 1.165) is 18.7 Å². The summed E-state index contributed by atoms with van der Waals surface area (Å²) in [5.41, 5.74) is 14.4. The fraction of sp³-hybridized carbons (Fsp3) is 0.533. The lowest BCUT2D eigenvalue weighted by molar-refractivity contribution is 0.0623. The zero-order chi connectivity index (χ0) is 14.2. The van der Waals surface area contributed by atoms with Crippen molar-refractivity contribution < 1.29 is 4.79 Å². The van der Waals surface area contributed by atoms with Crippen LogP contribution in [-0.4, -0.2) is 23.9 Å². The fourth-order valence-corrected chi connectivity index (χ4v) is 2.89. The van der Waals surface area contributed by atoms with E-state index in [9.17, 15) is 4.79 Å². The molecule has 1 aromatic rings. The van der Waals surface area contributed by atoms with Gasteiger partial charge in [-0.25, -0.2) is 0 Å². The summed E-state index contributed by atoms with van der Waals surface area (Å²) in [6.07, 6.45) is 1.18. The maximum Gasteiger partial charge on any atom is 0.254 e. The Labute approximate surface area is 114 Å². The Morgan fingerprint density at radius 2 is 1.63 bits per heavy atom. The minimum absolute atomic E-state index is 0.0387. The molecule has 0 aromatic heterocycles. The number of carbonyl (C=O) groups excluding carboxylic acids is 1. The van der Waals surface area contributed by atoms with Crippen LogP contribution in [0.1, 0.15) is 36.2 Å². The topological polar surface area (TPSA) is 72.4 Å². The van der Waals surface area contributed by atoms with E-state index < -0.39 is 0 Å². The summed E-state index contributed by atoms with van der Waals surface area (Å²) < 4.78 is 0. The molecule has 1 heterocycles. The van der Waals surface area contributed by atoms with Gasteiger partial charge in [-0.05, 0) is 42.9 Å². The average Bonchev–Trinajstić information content (AvgIpc) is 2.33. The molecule has 0 aliphatic carbocycles. The van der Waals surface area contributed by atoms with Gasteiger partial charge in [-0.3, -0.25) is 4.79 Å². The van der Waals surface area contributed by atoms with Gasteiger partial charge in [0.05, 0.1) is 0 Å². The highest BCUT2D eigenvalue weighted by Gasteiger charge is 2.26. The van der Waals surface area contributed by atoms with E-state index in [1.54, 1.807) is 12.1 Å². The molecule has 2 atom stereocenters. The Bertz CT molecular complexity index is 465. The maximum atomic E-state index is 12.5. The van der Waals surface area contributed by atoms with Gasteiger partial charge in [0, 0.05) is 30.0 Å². The number of benzene rings is 1. The minimum Gasteiger partial charge on any atom is -0.398 e. The smallest absolute Gasteiger partial charge is 0.254 e. The van der Waals surface area contributed by atoms with Crippen molar-refractivity contribution in [3.63, 3.8) is 0 Å². The molecule has 0 radical (unpaired) electrons. The van der Waals surface area contributed by atoms with Gasteiger partial charge in [0.1, 0.15) is 0 Å². The van der Waals surface area contributed by atoms with Gasteiger partial charge >= 0.3 is 0 Å². The van der Waals surface area contributed by atoms with Crippen LogP contribution < -0.4 is 11.5 Å². The number of amides is 1. The molecular formula is C15H23N3O. The Hall–Kier alpha value is -1.71. The van der Waals surface area contributed by atoms with Crippen LogP contribution in [0.25, 0.3) is 0 Å². The molecular weight excluding hydrogens is 238 g/mol. The van der Waals surface area contributed by atoms with E-state index >= 15 is 0 Å². The number of hydrogen-bond donors (Lipinski definition) is 2. The number of carbonyl (C=O) groups is 1. The number of hydrogen-bond acceptors (Lipinski definition) is 3. The van der Waals surface area contributed by atoms with Crippen molar-refractivity contribution in [2.45, 2.75) is 27.2 Å². The van der Waals surface area contributed by atoms with Gasteiger partial charge in [0.2, 0.25) is 0 Å². The van der Waals surface area contributed by atoms with Crippen molar-refractivity contribution in [3.8, 4) is 0 Å². The number of anilines is 2. The molecule has 0 spiro atoms. The van der Waals surface area contributed by atoms with Gasteiger partial charge in [0.15, 0.2) is 0 Å². The lowest BCUT2D eigenvalue weighted by atomic mass is 9.91. The number of nitrogen functional groups attached to an aromatic ring is 2. The first kappa shape index (κ1) is 13.7. The highest BCUT2D eigenvalue weighted by molar-refractivity contribution is 5.96. The molecule has 104 valence electrons. The molecule has 1 amide bonds. The number of nitrogens with two attached hydrogens (primary N) is 2. The quantitative estimate of drug-likeness (QED) is 0.762. The van der Waals surface area contributed by atoms with Crippen LogP contribution in [0.3, 0.4) is 0 Å². The van der Waals surface area contributed by atoms with Crippen LogP contribution in [0, 0.1) is 18.8 Å². The maximum absolute atomic E-state index is 12.5. The monoisotopic (exact) mass is 261 g/mol. The van der Waals surface area contributed by atoms with Crippen LogP contribution in [-0.2, 0) is 0 Å². The molecule has 4 N–H and O–H groups in total. The first-order valence-electron chi connectivity index (χ1n) is 6.83. The molecule has 4 nitrogen and oxygen atoms in total. The number of nitrogens with zero attached hydrogens (tertiary/aromatic N) is 1. The van der Waals surface area contributed by atoms with Crippen molar-refractivity contribution in [2.75, 3.05) is 24.6 Å². The third-order valence-corrected chi connectivity index (χ3v) is 3.89. The molecule has 2 unspecified atom stereocenters. The Kier molecular flexibility index (Phi) is 3.69. The van der Waals surface area contributed by atoms with E-state index in [1.807, 2.05) is 11.8 Å². The highest BCUT2D eigenvalue weighted by Crippen LogP contribution is 2.25. The van der Waals surface area contributed by atoms with Gasteiger partial charge in [-0.1, -0.05) is 13.8 Å². The van der Waals surface area contributed by atoms with Crippen LogP contribution in [0.2, 0.25) is 0 Å². The summed E-state index contributed by atoms with van der Waals surface area (Å²) in [6, 6.07) is 3.47. The average molecular weight is 261 g/mol. The Balaban J connectivity index is 2.24. The summed E-state index contributed by atoms with van der Waals surface area (Å²) in [7, 11) is 0. The summed E-state index contributed by atoms with van der Waals surface area (Å²) >= 11 is 0. The van der Waals surface area contributed by atoms with Gasteiger partial charge in [0.25, 0.3) is 5.91 Å². The first-order valence-corrected chi connectivity index (χ1v) is 6.83. The molecule has 0 bridgehead atoms. The fourth-order valence-electron chi connectivity index (χ4n) is 2.89. The second-order valence-electron chi connectivity index (χ2n) is 5.94. The van der Waals surface area contributed by atoms with E-state index in [2.05, 4.69) is 13.8 Å². The molecule has 1 fully saturated rings. The molecule has 2 rings (SSSR count). The predicted molar refractivity (Wildman–Crippen MR) is 78.9 cm³/mol. The lowest BCUT2D eigenvalue weighted by Gasteiger charge is -2.35. The number of likely N-dealkylation sites (tertiary alicyclic amines) is 1. The number of piperidine rings is 1. The SMILES string of the molecule is Cc1c(N)cc(C(=O)N2CC(C)CC(C)C2)cc1N.